The normalized spacial score (nSPS) is 12.4. The third-order valence-electron chi connectivity index (χ3n) is 6.89. The molecular formula is C32H19F6N. The fraction of sp³-hybridized carbons (Fsp3) is 0.0625. The lowest BCUT2D eigenvalue weighted by molar-refractivity contribution is -0.138. The van der Waals surface area contributed by atoms with Crippen molar-refractivity contribution in [3.63, 3.8) is 0 Å². The molecule has 5 aromatic carbocycles. The quantitative estimate of drug-likeness (QED) is 0.200. The maximum Gasteiger partial charge on any atom is 0.416 e. The number of alkyl halides is 6. The summed E-state index contributed by atoms with van der Waals surface area (Å²) in [5, 5.41) is 1.96. The Morgan fingerprint density at radius 3 is 1.18 bits per heavy atom. The summed E-state index contributed by atoms with van der Waals surface area (Å²) in [5.74, 6) is 0. The van der Waals surface area contributed by atoms with Crippen molar-refractivity contribution < 1.29 is 26.3 Å². The number of aromatic nitrogens is 1. The summed E-state index contributed by atoms with van der Waals surface area (Å²) in [6.45, 7) is 0. The van der Waals surface area contributed by atoms with Gasteiger partial charge in [0.25, 0.3) is 0 Å². The van der Waals surface area contributed by atoms with E-state index in [9.17, 15) is 26.3 Å². The summed E-state index contributed by atoms with van der Waals surface area (Å²) in [7, 11) is 0. The molecule has 39 heavy (non-hydrogen) atoms. The van der Waals surface area contributed by atoms with Gasteiger partial charge in [0.15, 0.2) is 0 Å². The van der Waals surface area contributed by atoms with Gasteiger partial charge in [0.1, 0.15) is 0 Å². The molecule has 0 N–H and O–H groups in total. The molecule has 0 aliphatic carbocycles. The highest BCUT2D eigenvalue weighted by atomic mass is 19.4. The maximum atomic E-state index is 13.3. The molecule has 0 unspecified atom stereocenters. The van der Waals surface area contributed by atoms with Gasteiger partial charge in [-0.15, -0.1) is 0 Å². The molecule has 0 radical (unpaired) electrons. The van der Waals surface area contributed by atoms with Crippen molar-refractivity contribution in [2.45, 2.75) is 12.4 Å². The Kier molecular flexibility index (Phi) is 5.75. The van der Waals surface area contributed by atoms with E-state index in [2.05, 4.69) is 0 Å². The van der Waals surface area contributed by atoms with Gasteiger partial charge >= 0.3 is 12.4 Å². The molecule has 0 amide bonds. The summed E-state index contributed by atoms with van der Waals surface area (Å²) in [5.41, 5.74) is 3.27. The Balaban J connectivity index is 1.68. The van der Waals surface area contributed by atoms with Crippen LogP contribution in [0.5, 0.6) is 0 Å². The number of nitrogens with zero attached hydrogens (tertiary/aromatic N) is 1. The van der Waals surface area contributed by atoms with Crippen LogP contribution in [0.2, 0.25) is 0 Å². The van der Waals surface area contributed by atoms with E-state index in [1.165, 1.54) is 24.3 Å². The third kappa shape index (κ3) is 4.34. The second kappa shape index (κ2) is 9.05. The van der Waals surface area contributed by atoms with Gasteiger partial charge in [-0.25, -0.2) is 0 Å². The molecule has 0 spiro atoms. The second-order valence-electron chi connectivity index (χ2n) is 9.22. The topological polar surface area (TPSA) is 4.93 Å². The van der Waals surface area contributed by atoms with E-state index in [-0.39, 0.29) is 0 Å². The molecule has 0 saturated carbocycles. The molecule has 0 aliphatic heterocycles. The zero-order chi connectivity index (χ0) is 27.4. The van der Waals surface area contributed by atoms with Crippen molar-refractivity contribution in [2.75, 3.05) is 0 Å². The lowest BCUT2D eigenvalue weighted by Crippen LogP contribution is -2.05. The fourth-order valence-electron chi connectivity index (χ4n) is 5.09. The van der Waals surface area contributed by atoms with Crippen molar-refractivity contribution in [2.24, 2.45) is 0 Å². The van der Waals surface area contributed by atoms with Gasteiger partial charge in [-0.05, 0) is 47.5 Å². The number of para-hydroxylation sites is 3. The predicted octanol–water partition coefficient (Wildman–Crippen LogP) is 10.2. The summed E-state index contributed by atoms with van der Waals surface area (Å²) in [4.78, 5) is 0. The number of benzene rings is 5. The smallest absolute Gasteiger partial charge is 0.308 e. The Bertz CT molecular complexity index is 1680. The second-order valence-corrected chi connectivity index (χ2v) is 9.22. The zero-order valence-electron chi connectivity index (χ0n) is 20.2. The lowest BCUT2D eigenvalue weighted by atomic mass is 9.94. The van der Waals surface area contributed by atoms with Crippen LogP contribution in [-0.4, -0.2) is 4.57 Å². The molecule has 0 saturated heterocycles. The van der Waals surface area contributed by atoms with Gasteiger partial charge in [0.2, 0.25) is 0 Å². The van der Waals surface area contributed by atoms with E-state index in [4.69, 9.17) is 0 Å². The highest BCUT2D eigenvalue weighted by molar-refractivity contribution is 6.10. The van der Waals surface area contributed by atoms with Gasteiger partial charge in [0, 0.05) is 21.9 Å². The minimum atomic E-state index is -4.48. The number of hydrogen-bond donors (Lipinski definition) is 0. The first-order valence-corrected chi connectivity index (χ1v) is 12.1. The number of rotatable bonds is 3. The first-order valence-electron chi connectivity index (χ1n) is 12.1. The molecular weight excluding hydrogens is 512 g/mol. The third-order valence-corrected chi connectivity index (χ3v) is 6.89. The van der Waals surface area contributed by atoms with Crippen LogP contribution in [0.15, 0.2) is 115 Å². The summed E-state index contributed by atoms with van der Waals surface area (Å²) in [6, 6.07) is 30.8. The standard InChI is InChI=1S/C32H19F6N/c33-31(34,35)22-16-12-20(13-17-22)24-8-5-9-25(21-14-18-23(19-15-21)32(36,37)38)30(24)39-28-10-3-1-6-26(28)27-7-2-4-11-29(27)39/h1-19H. The summed E-state index contributed by atoms with van der Waals surface area (Å²) >= 11 is 0. The van der Waals surface area contributed by atoms with Crippen LogP contribution in [0, 0.1) is 0 Å². The van der Waals surface area contributed by atoms with E-state index in [1.807, 2.05) is 65.2 Å². The van der Waals surface area contributed by atoms with Crippen molar-refractivity contribution >= 4 is 21.8 Å². The van der Waals surface area contributed by atoms with Gasteiger partial charge in [-0.3, -0.25) is 0 Å². The molecule has 1 heterocycles. The number of fused-ring (bicyclic) bond motifs is 3. The van der Waals surface area contributed by atoms with Crippen LogP contribution in [0.4, 0.5) is 26.3 Å². The molecule has 0 bridgehead atoms. The minimum absolute atomic E-state index is 0.550. The SMILES string of the molecule is FC(F)(F)c1ccc(-c2cccc(-c3ccc(C(F)(F)F)cc3)c2-n2c3ccccc3c3ccccc32)cc1. The molecule has 7 heteroatoms. The van der Waals surface area contributed by atoms with Gasteiger partial charge in [-0.1, -0.05) is 78.9 Å². The molecule has 0 aliphatic rings. The van der Waals surface area contributed by atoms with Crippen LogP contribution in [0.1, 0.15) is 11.1 Å². The Morgan fingerprint density at radius 1 is 0.410 bits per heavy atom. The molecule has 1 aromatic heterocycles. The first-order chi connectivity index (χ1) is 18.6. The highest BCUT2D eigenvalue weighted by Crippen LogP contribution is 2.42. The minimum Gasteiger partial charge on any atom is -0.308 e. The Hall–Kier alpha value is -4.52. The van der Waals surface area contributed by atoms with Crippen molar-refractivity contribution in [1.29, 1.82) is 0 Å². The molecule has 6 rings (SSSR count). The Labute approximate surface area is 219 Å². The van der Waals surface area contributed by atoms with E-state index in [1.54, 1.807) is 6.07 Å². The largest absolute Gasteiger partial charge is 0.416 e. The number of hydrogen-bond acceptors (Lipinski definition) is 0. The maximum absolute atomic E-state index is 13.3. The van der Waals surface area contributed by atoms with E-state index >= 15 is 0 Å². The lowest BCUT2D eigenvalue weighted by Gasteiger charge is -2.20. The van der Waals surface area contributed by atoms with Crippen LogP contribution >= 0.6 is 0 Å². The van der Waals surface area contributed by atoms with Crippen molar-refractivity contribution in [1.82, 2.24) is 4.57 Å². The molecule has 1 nitrogen and oxygen atoms in total. The van der Waals surface area contributed by atoms with Crippen molar-refractivity contribution in [3.05, 3.63) is 126 Å². The number of halogens is 6. The monoisotopic (exact) mass is 531 g/mol. The van der Waals surface area contributed by atoms with E-state index in [0.717, 1.165) is 46.1 Å². The highest BCUT2D eigenvalue weighted by Gasteiger charge is 2.31. The molecule has 0 fully saturated rings. The average molecular weight is 531 g/mol. The molecule has 6 aromatic rings. The zero-order valence-corrected chi connectivity index (χ0v) is 20.2. The van der Waals surface area contributed by atoms with Crippen LogP contribution < -0.4 is 0 Å². The van der Waals surface area contributed by atoms with Crippen LogP contribution in [-0.2, 0) is 12.4 Å². The average Bonchev–Trinajstić information content (AvgIpc) is 3.26. The molecule has 194 valence electrons. The molecule has 0 atom stereocenters. The van der Waals surface area contributed by atoms with E-state index in [0.29, 0.717) is 27.9 Å². The van der Waals surface area contributed by atoms with Crippen LogP contribution in [0.3, 0.4) is 0 Å². The van der Waals surface area contributed by atoms with Crippen molar-refractivity contribution in [3.8, 4) is 27.9 Å². The van der Waals surface area contributed by atoms with Gasteiger partial charge in [0.05, 0.1) is 27.8 Å². The Morgan fingerprint density at radius 2 is 0.795 bits per heavy atom. The summed E-state index contributed by atoms with van der Waals surface area (Å²) in [6.07, 6.45) is -8.95. The van der Waals surface area contributed by atoms with E-state index < -0.39 is 23.5 Å². The van der Waals surface area contributed by atoms with Crippen LogP contribution in [0.25, 0.3) is 49.7 Å². The predicted molar refractivity (Wildman–Crippen MR) is 142 cm³/mol. The van der Waals surface area contributed by atoms with Gasteiger partial charge in [-0.2, -0.15) is 26.3 Å². The summed E-state index contributed by atoms with van der Waals surface area (Å²) < 4.78 is 81.8. The first kappa shape index (κ1) is 24.8. The van der Waals surface area contributed by atoms with Gasteiger partial charge < -0.3 is 4.57 Å². The fourth-order valence-corrected chi connectivity index (χ4v) is 5.09.